The van der Waals surface area contributed by atoms with Gasteiger partial charge < -0.3 is 5.32 Å². The van der Waals surface area contributed by atoms with Gasteiger partial charge in [0.05, 0.1) is 0 Å². The first-order valence-corrected chi connectivity index (χ1v) is 5.55. The van der Waals surface area contributed by atoms with Crippen LogP contribution in [0.2, 0.25) is 5.15 Å². The van der Waals surface area contributed by atoms with Crippen LogP contribution in [0.15, 0.2) is 0 Å². The Labute approximate surface area is 102 Å². The maximum Gasteiger partial charge on any atom is 0.405 e. The fourth-order valence-corrected chi connectivity index (χ4v) is 1.41. The van der Waals surface area contributed by atoms with Gasteiger partial charge in [-0.3, -0.25) is 0 Å². The van der Waals surface area contributed by atoms with E-state index in [4.69, 9.17) is 11.6 Å². The Morgan fingerprint density at radius 3 is 2.47 bits per heavy atom. The maximum absolute atomic E-state index is 12.1. The number of aryl methyl sites for hydroxylation is 1. The van der Waals surface area contributed by atoms with Crippen molar-refractivity contribution >= 4 is 17.4 Å². The van der Waals surface area contributed by atoms with Crippen molar-refractivity contribution in [1.82, 2.24) is 9.97 Å². The van der Waals surface area contributed by atoms with E-state index in [1.54, 1.807) is 6.92 Å². The minimum absolute atomic E-state index is 0.144. The first-order valence-electron chi connectivity index (χ1n) is 5.17. The van der Waals surface area contributed by atoms with Crippen LogP contribution < -0.4 is 5.32 Å². The van der Waals surface area contributed by atoms with E-state index in [1.165, 1.54) is 0 Å². The van der Waals surface area contributed by atoms with Crippen LogP contribution in [0.5, 0.6) is 0 Å². The van der Waals surface area contributed by atoms with Crippen molar-refractivity contribution in [1.29, 1.82) is 0 Å². The summed E-state index contributed by atoms with van der Waals surface area (Å²) in [7, 11) is 0. The summed E-state index contributed by atoms with van der Waals surface area (Å²) < 4.78 is 36.2. The molecule has 0 saturated heterocycles. The molecule has 0 fully saturated rings. The number of alkyl halides is 3. The molecule has 3 nitrogen and oxygen atoms in total. The molecule has 0 saturated carbocycles. The smallest absolute Gasteiger partial charge is 0.361 e. The summed E-state index contributed by atoms with van der Waals surface area (Å²) in [6.45, 7) is 2.38. The van der Waals surface area contributed by atoms with Crippen LogP contribution in [0.1, 0.15) is 24.7 Å². The van der Waals surface area contributed by atoms with E-state index in [0.717, 1.165) is 6.42 Å². The molecule has 0 unspecified atom stereocenters. The molecule has 0 atom stereocenters. The molecule has 1 aromatic rings. The van der Waals surface area contributed by atoms with E-state index in [0.29, 0.717) is 17.8 Å². The summed E-state index contributed by atoms with van der Waals surface area (Å²) in [6, 6.07) is 0. The summed E-state index contributed by atoms with van der Waals surface area (Å²) in [5.41, 5.74) is 0.427. The zero-order valence-electron chi connectivity index (χ0n) is 9.53. The second-order valence-electron chi connectivity index (χ2n) is 3.62. The van der Waals surface area contributed by atoms with Gasteiger partial charge in [-0.05, 0) is 13.3 Å². The lowest BCUT2D eigenvalue weighted by Gasteiger charge is -2.12. The Hall–Kier alpha value is -1.04. The topological polar surface area (TPSA) is 37.8 Å². The normalized spacial score (nSPS) is 11.6. The molecule has 1 aromatic heterocycles. The summed E-state index contributed by atoms with van der Waals surface area (Å²) in [5.74, 6) is 0.596. The summed E-state index contributed by atoms with van der Waals surface area (Å²) >= 11 is 5.83. The van der Waals surface area contributed by atoms with Gasteiger partial charge in [0.1, 0.15) is 23.3 Å². The van der Waals surface area contributed by atoms with Gasteiger partial charge in [-0.25, -0.2) is 9.97 Å². The highest BCUT2D eigenvalue weighted by molar-refractivity contribution is 6.30. The third-order valence-corrected chi connectivity index (χ3v) is 2.43. The van der Waals surface area contributed by atoms with Crippen molar-refractivity contribution in [3.8, 4) is 0 Å². The molecule has 96 valence electrons. The van der Waals surface area contributed by atoms with Gasteiger partial charge in [-0.15, -0.1) is 0 Å². The average molecular weight is 268 g/mol. The number of halogens is 4. The SMILES string of the molecule is CCCc1nc(Cl)c(C)c(NCC(F)(F)F)n1. The first kappa shape index (κ1) is 14.0. The molecule has 0 aliphatic heterocycles. The molecule has 0 amide bonds. The lowest BCUT2D eigenvalue weighted by Crippen LogP contribution is -2.22. The monoisotopic (exact) mass is 267 g/mol. The molecule has 0 radical (unpaired) electrons. The molecular weight excluding hydrogens is 255 g/mol. The zero-order valence-corrected chi connectivity index (χ0v) is 10.3. The summed E-state index contributed by atoms with van der Waals surface area (Å²) in [6.07, 6.45) is -2.90. The van der Waals surface area contributed by atoms with Crippen molar-refractivity contribution in [2.75, 3.05) is 11.9 Å². The van der Waals surface area contributed by atoms with Crippen molar-refractivity contribution < 1.29 is 13.2 Å². The average Bonchev–Trinajstić information content (AvgIpc) is 2.20. The Morgan fingerprint density at radius 2 is 1.94 bits per heavy atom. The number of aromatic nitrogens is 2. The van der Waals surface area contributed by atoms with Gasteiger partial charge in [0.15, 0.2) is 0 Å². The molecule has 0 aliphatic carbocycles. The molecule has 0 aromatic carbocycles. The van der Waals surface area contributed by atoms with Crippen molar-refractivity contribution in [2.24, 2.45) is 0 Å². The van der Waals surface area contributed by atoms with Gasteiger partial charge in [0.25, 0.3) is 0 Å². The minimum atomic E-state index is -4.28. The van der Waals surface area contributed by atoms with Crippen LogP contribution in [-0.2, 0) is 6.42 Å². The zero-order chi connectivity index (χ0) is 13.1. The highest BCUT2D eigenvalue weighted by Gasteiger charge is 2.27. The molecule has 0 aliphatic rings. The molecule has 7 heteroatoms. The number of hydrogen-bond acceptors (Lipinski definition) is 3. The third-order valence-electron chi connectivity index (χ3n) is 2.06. The fraction of sp³-hybridized carbons (Fsp3) is 0.600. The number of nitrogens with one attached hydrogen (secondary N) is 1. The standard InChI is InChI=1S/C10H13ClF3N3/c1-3-4-7-16-8(11)6(2)9(17-7)15-5-10(12,13)14/h3-5H2,1-2H3,(H,15,16,17). The number of anilines is 1. The Kier molecular flexibility index (Phi) is 4.56. The second-order valence-corrected chi connectivity index (χ2v) is 3.98. The minimum Gasteiger partial charge on any atom is -0.361 e. The van der Waals surface area contributed by atoms with Crippen LogP contribution in [0.4, 0.5) is 19.0 Å². The predicted octanol–water partition coefficient (Wildman–Crippen LogP) is 3.37. The fourth-order valence-electron chi connectivity index (χ4n) is 1.22. The molecule has 1 rings (SSSR count). The highest BCUT2D eigenvalue weighted by atomic mass is 35.5. The third kappa shape index (κ3) is 4.38. The molecule has 0 bridgehead atoms. The van der Waals surface area contributed by atoms with Crippen LogP contribution in [0, 0.1) is 6.92 Å². The Bertz CT molecular complexity index is 393. The first-order chi connectivity index (χ1) is 7.83. The van der Waals surface area contributed by atoms with Gasteiger partial charge >= 0.3 is 6.18 Å². The summed E-state index contributed by atoms with van der Waals surface area (Å²) in [5, 5.41) is 2.42. The molecule has 17 heavy (non-hydrogen) atoms. The van der Waals surface area contributed by atoms with E-state index in [1.807, 2.05) is 6.92 Å². The van der Waals surface area contributed by atoms with Gasteiger partial charge in [-0.1, -0.05) is 18.5 Å². The van der Waals surface area contributed by atoms with Crippen LogP contribution >= 0.6 is 11.6 Å². The Morgan fingerprint density at radius 1 is 1.29 bits per heavy atom. The van der Waals surface area contributed by atoms with Gasteiger partial charge in [-0.2, -0.15) is 13.2 Å². The predicted molar refractivity (Wildman–Crippen MR) is 60.3 cm³/mol. The molecule has 0 spiro atoms. The molecular formula is C10H13ClF3N3. The Balaban J connectivity index is 2.89. The van der Waals surface area contributed by atoms with Crippen LogP contribution in [0.3, 0.4) is 0 Å². The van der Waals surface area contributed by atoms with E-state index in [9.17, 15) is 13.2 Å². The van der Waals surface area contributed by atoms with Crippen molar-refractivity contribution in [2.45, 2.75) is 32.9 Å². The van der Waals surface area contributed by atoms with Crippen molar-refractivity contribution in [3.63, 3.8) is 0 Å². The maximum atomic E-state index is 12.1. The van der Waals surface area contributed by atoms with E-state index < -0.39 is 12.7 Å². The number of hydrogen-bond donors (Lipinski definition) is 1. The number of nitrogens with zero attached hydrogens (tertiary/aromatic N) is 2. The van der Waals surface area contributed by atoms with Crippen LogP contribution in [-0.4, -0.2) is 22.7 Å². The van der Waals surface area contributed by atoms with Crippen molar-refractivity contribution in [3.05, 3.63) is 16.5 Å². The molecule has 1 N–H and O–H groups in total. The van der Waals surface area contributed by atoms with Gasteiger partial charge in [0, 0.05) is 12.0 Å². The van der Waals surface area contributed by atoms with E-state index in [-0.39, 0.29) is 11.0 Å². The summed E-state index contributed by atoms with van der Waals surface area (Å²) in [4.78, 5) is 8.02. The van der Waals surface area contributed by atoms with Gasteiger partial charge in [0.2, 0.25) is 0 Å². The second kappa shape index (κ2) is 5.53. The number of rotatable bonds is 4. The lowest BCUT2D eigenvalue weighted by atomic mass is 10.3. The van der Waals surface area contributed by atoms with Crippen LogP contribution in [0.25, 0.3) is 0 Å². The lowest BCUT2D eigenvalue weighted by molar-refractivity contribution is -0.115. The highest BCUT2D eigenvalue weighted by Crippen LogP contribution is 2.22. The van der Waals surface area contributed by atoms with E-state index in [2.05, 4.69) is 15.3 Å². The largest absolute Gasteiger partial charge is 0.405 e. The van der Waals surface area contributed by atoms with E-state index >= 15 is 0 Å². The molecule has 1 heterocycles. The quantitative estimate of drug-likeness (QED) is 0.850.